The van der Waals surface area contributed by atoms with Gasteiger partial charge in [0, 0.05) is 0 Å². The molecule has 117 valence electrons. The zero-order chi connectivity index (χ0) is 15.8. The Kier molecular flexibility index (Phi) is 5.87. The fourth-order valence-electron chi connectivity index (χ4n) is 2.13. The Morgan fingerprint density at radius 1 is 0.864 bits per heavy atom. The third kappa shape index (κ3) is 5.43. The van der Waals surface area contributed by atoms with Gasteiger partial charge < -0.3 is 4.74 Å². The number of ether oxygens (including phenoxy) is 1. The quantitative estimate of drug-likeness (QED) is 0.631. The second kappa shape index (κ2) is 7.87. The van der Waals surface area contributed by atoms with Crippen molar-refractivity contribution in [1.29, 1.82) is 0 Å². The first-order valence-corrected chi connectivity index (χ1v) is 7.31. The molecule has 0 saturated heterocycles. The second-order valence-electron chi connectivity index (χ2n) is 5.09. The van der Waals surface area contributed by atoms with Crippen LogP contribution in [0.15, 0.2) is 48.5 Å². The molecule has 1 nitrogen and oxygen atoms in total. The molecule has 2 rings (SSSR count). The standard InChI is InChI=1S/C18H18F3O/c19-18(20,21)16-12-10-15(11-13-16)7-3-2-6-14-22-17-8-4-1-5-9-17/h4-5,8-13H,2-3,6-7,14H2. The van der Waals surface area contributed by atoms with Crippen LogP contribution >= 0.6 is 0 Å². The Balaban J connectivity index is 1.62. The molecule has 0 bridgehead atoms. The summed E-state index contributed by atoms with van der Waals surface area (Å²) in [6, 6.07) is 15.7. The summed E-state index contributed by atoms with van der Waals surface area (Å²) in [6.45, 7) is 0.650. The van der Waals surface area contributed by atoms with Gasteiger partial charge in [0.1, 0.15) is 5.75 Å². The maximum Gasteiger partial charge on any atom is 0.416 e. The fraction of sp³-hybridized carbons (Fsp3) is 0.333. The highest BCUT2D eigenvalue weighted by molar-refractivity contribution is 5.24. The number of alkyl halides is 3. The molecule has 4 heteroatoms. The zero-order valence-corrected chi connectivity index (χ0v) is 12.2. The highest BCUT2D eigenvalue weighted by atomic mass is 19.4. The molecule has 0 aliphatic heterocycles. The molecule has 0 N–H and O–H groups in total. The van der Waals surface area contributed by atoms with Gasteiger partial charge in [0.25, 0.3) is 0 Å². The Labute approximate surface area is 128 Å². The average molecular weight is 307 g/mol. The number of hydrogen-bond acceptors (Lipinski definition) is 1. The topological polar surface area (TPSA) is 9.23 Å². The maximum absolute atomic E-state index is 12.4. The van der Waals surface area contributed by atoms with Gasteiger partial charge in [-0.2, -0.15) is 13.2 Å². The molecule has 2 aromatic rings. The monoisotopic (exact) mass is 307 g/mol. The predicted molar refractivity (Wildman–Crippen MR) is 79.8 cm³/mol. The molecule has 0 heterocycles. The van der Waals surface area contributed by atoms with E-state index in [1.807, 2.05) is 12.1 Å². The van der Waals surface area contributed by atoms with Gasteiger partial charge in [0.2, 0.25) is 0 Å². The Morgan fingerprint density at radius 2 is 1.55 bits per heavy atom. The van der Waals surface area contributed by atoms with Crippen LogP contribution < -0.4 is 4.74 Å². The van der Waals surface area contributed by atoms with Gasteiger partial charge in [-0.15, -0.1) is 0 Å². The van der Waals surface area contributed by atoms with Crippen molar-refractivity contribution < 1.29 is 17.9 Å². The second-order valence-corrected chi connectivity index (χ2v) is 5.09. The van der Waals surface area contributed by atoms with E-state index in [0.29, 0.717) is 6.61 Å². The third-order valence-corrected chi connectivity index (χ3v) is 3.35. The first kappa shape index (κ1) is 16.4. The summed E-state index contributed by atoms with van der Waals surface area (Å²) in [7, 11) is 0. The Hall–Kier alpha value is -1.97. The molecule has 0 aromatic heterocycles. The normalized spacial score (nSPS) is 11.4. The van der Waals surface area contributed by atoms with Crippen molar-refractivity contribution >= 4 is 0 Å². The summed E-state index contributed by atoms with van der Waals surface area (Å²) in [5, 5.41) is 0. The summed E-state index contributed by atoms with van der Waals surface area (Å²) in [5.41, 5.74) is 0.345. The van der Waals surface area contributed by atoms with Crippen molar-refractivity contribution in [1.82, 2.24) is 0 Å². The number of aryl methyl sites for hydroxylation is 1. The molecular formula is C18H18F3O. The molecule has 22 heavy (non-hydrogen) atoms. The van der Waals surface area contributed by atoms with Crippen LogP contribution in [0.2, 0.25) is 0 Å². The molecule has 0 aliphatic rings. The highest BCUT2D eigenvalue weighted by Gasteiger charge is 2.29. The minimum Gasteiger partial charge on any atom is -0.494 e. The average Bonchev–Trinajstić information content (AvgIpc) is 2.51. The van der Waals surface area contributed by atoms with Crippen LogP contribution in [0.4, 0.5) is 13.2 Å². The van der Waals surface area contributed by atoms with Crippen molar-refractivity contribution in [2.45, 2.75) is 31.9 Å². The van der Waals surface area contributed by atoms with Crippen LogP contribution in [0.25, 0.3) is 0 Å². The van der Waals surface area contributed by atoms with E-state index in [0.717, 1.165) is 49.1 Å². The summed E-state index contributed by atoms with van der Waals surface area (Å²) in [4.78, 5) is 0. The van der Waals surface area contributed by atoms with Crippen LogP contribution in [0.3, 0.4) is 0 Å². The third-order valence-electron chi connectivity index (χ3n) is 3.35. The molecular weight excluding hydrogens is 289 g/mol. The lowest BCUT2D eigenvalue weighted by Crippen LogP contribution is -2.04. The van der Waals surface area contributed by atoms with Gasteiger partial charge in [-0.3, -0.25) is 0 Å². The lowest BCUT2D eigenvalue weighted by Gasteiger charge is -2.08. The van der Waals surface area contributed by atoms with Gasteiger partial charge >= 0.3 is 6.18 Å². The van der Waals surface area contributed by atoms with Crippen molar-refractivity contribution in [2.24, 2.45) is 0 Å². The minimum atomic E-state index is -4.26. The largest absolute Gasteiger partial charge is 0.494 e. The number of rotatable bonds is 7. The number of halogens is 3. The molecule has 0 saturated carbocycles. The van der Waals surface area contributed by atoms with Crippen LogP contribution in [0, 0.1) is 6.07 Å². The maximum atomic E-state index is 12.4. The van der Waals surface area contributed by atoms with Gasteiger partial charge in [-0.1, -0.05) is 24.3 Å². The van der Waals surface area contributed by atoms with Crippen LogP contribution in [0.5, 0.6) is 5.75 Å². The SMILES string of the molecule is FC(F)(F)c1ccc(CCCCCOc2cc[c]cc2)cc1. The van der Waals surface area contributed by atoms with Crippen molar-refractivity contribution in [3.8, 4) is 5.75 Å². The Bertz CT molecular complexity index is 547. The van der Waals surface area contributed by atoms with Crippen LogP contribution in [-0.4, -0.2) is 6.61 Å². The number of benzene rings is 2. The number of hydrogen-bond donors (Lipinski definition) is 0. The molecule has 0 atom stereocenters. The molecule has 1 radical (unpaired) electrons. The van der Waals surface area contributed by atoms with E-state index in [9.17, 15) is 13.2 Å². The summed E-state index contributed by atoms with van der Waals surface area (Å²) in [5.74, 6) is 0.835. The van der Waals surface area contributed by atoms with Gasteiger partial charge in [0.05, 0.1) is 12.2 Å². The molecule has 0 fully saturated rings. The predicted octanol–water partition coefficient (Wildman–Crippen LogP) is 5.30. The molecule has 0 unspecified atom stereocenters. The molecule has 0 amide bonds. The lowest BCUT2D eigenvalue weighted by atomic mass is 10.1. The molecule has 0 aliphatic carbocycles. The van der Waals surface area contributed by atoms with Crippen molar-refractivity contribution in [3.05, 3.63) is 65.7 Å². The van der Waals surface area contributed by atoms with Gasteiger partial charge in [-0.05, 0) is 61.6 Å². The van der Waals surface area contributed by atoms with Gasteiger partial charge in [0.15, 0.2) is 0 Å². The van der Waals surface area contributed by atoms with E-state index in [2.05, 4.69) is 6.07 Å². The summed E-state index contributed by atoms with van der Waals surface area (Å²) in [6.07, 6.45) is -0.611. The highest BCUT2D eigenvalue weighted by Crippen LogP contribution is 2.29. The van der Waals surface area contributed by atoms with Crippen LogP contribution in [0.1, 0.15) is 30.4 Å². The number of unbranched alkanes of at least 4 members (excludes halogenated alkanes) is 2. The van der Waals surface area contributed by atoms with Gasteiger partial charge in [-0.25, -0.2) is 0 Å². The van der Waals surface area contributed by atoms with Crippen LogP contribution in [-0.2, 0) is 12.6 Å². The summed E-state index contributed by atoms with van der Waals surface area (Å²) >= 11 is 0. The smallest absolute Gasteiger partial charge is 0.416 e. The molecule has 0 spiro atoms. The van der Waals surface area contributed by atoms with E-state index in [1.54, 1.807) is 24.3 Å². The summed E-state index contributed by atoms with van der Waals surface area (Å²) < 4.78 is 42.9. The first-order valence-electron chi connectivity index (χ1n) is 7.31. The van der Waals surface area contributed by atoms with E-state index in [4.69, 9.17) is 4.74 Å². The molecule has 2 aromatic carbocycles. The zero-order valence-electron chi connectivity index (χ0n) is 12.2. The minimum absolute atomic E-state index is 0.593. The van der Waals surface area contributed by atoms with E-state index < -0.39 is 11.7 Å². The first-order chi connectivity index (χ1) is 10.6. The van der Waals surface area contributed by atoms with Crippen molar-refractivity contribution in [3.63, 3.8) is 0 Å². The van der Waals surface area contributed by atoms with E-state index in [1.165, 1.54) is 0 Å². The lowest BCUT2D eigenvalue weighted by molar-refractivity contribution is -0.137. The van der Waals surface area contributed by atoms with E-state index >= 15 is 0 Å². The Morgan fingerprint density at radius 3 is 2.18 bits per heavy atom. The fourth-order valence-corrected chi connectivity index (χ4v) is 2.13. The van der Waals surface area contributed by atoms with E-state index in [-0.39, 0.29) is 0 Å². The van der Waals surface area contributed by atoms with Crippen molar-refractivity contribution in [2.75, 3.05) is 6.61 Å².